The average molecular weight is 625 g/mol. The number of benzene rings is 2. The fourth-order valence-corrected chi connectivity index (χ4v) is 7.11. The number of nitrogens with zero attached hydrogens (tertiary/aromatic N) is 3. The predicted octanol–water partition coefficient (Wildman–Crippen LogP) is 3.72. The van der Waals surface area contributed by atoms with Crippen molar-refractivity contribution in [3.63, 3.8) is 0 Å². The molecule has 4 aromatic rings. The zero-order valence-electron chi connectivity index (χ0n) is 24.5. The Morgan fingerprint density at radius 3 is 2.29 bits per heavy atom. The van der Waals surface area contributed by atoms with Gasteiger partial charge in [-0.25, -0.2) is 17.4 Å². The minimum absolute atomic E-state index is 0. The van der Waals surface area contributed by atoms with Gasteiger partial charge in [-0.05, 0) is 64.1 Å². The first-order valence-electron chi connectivity index (χ1n) is 12.5. The van der Waals surface area contributed by atoms with E-state index in [1.54, 1.807) is 38.4 Å². The molecule has 0 saturated carbocycles. The molecule has 11 nitrogen and oxygen atoms in total. The molecule has 0 saturated heterocycles. The summed E-state index contributed by atoms with van der Waals surface area (Å²) in [4.78, 5) is 20.1. The van der Waals surface area contributed by atoms with Crippen LogP contribution in [0.15, 0.2) is 58.7 Å². The maximum Gasteiger partial charge on any atom is 0.312 e. The molecule has 4 rings (SSSR count). The predicted molar refractivity (Wildman–Crippen MR) is 158 cm³/mol. The zero-order valence-corrected chi connectivity index (χ0v) is 28.1. The third-order valence-electron chi connectivity index (χ3n) is 6.55. The first-order chi connectivity index (χ1) is 19.3. The number of carbonyl (C=O) groups is 1. The number of carboxylic acids is 1. The Labute approximate surface area is 269 Å². The summed E-state index contributed by atoms with van der Waals surface area (Å²) in [6.07, 6.45) is 1.62. The minimum Gasteiger partial charge on any atom is -0.497 e. The molecule has 0 aliphatic rings. The third-order valence-corrected chi connectivity index (χ3v) is 9.60. The van der Waals surface area contributed by atoms with Crippen molar-refractivity contribution in [2.75, 3.05) is 20.8 Å². The van der Waals surface area contributed by atoms with Crippen LogP contribution in [0.3, 0.4) is 0 Å². The van der Waals surface area contributed by atoms with Crippen molar-refractivity contribution < 1.29 is 36.7 Å². The van der Waals surface area contributed by atoms with Crippen molar-refractivity contribution in [2.45, 2.75) is 43.5 Å². The van der Waals surface area contributed by atoms with Crippen LogP contribution in [-0.4, -0.2) is 88.0 Å². The van der Waals surface area contributed by atoms with E-state index in [-0.39, 0.29) is 57.5 Å². The number of pyridine rings is 1. The fraction of sp³-hybridized carbons (Fsp3) is 0.321. The molecule has 0 amide bonds. The number of methoxy groups -OCH3 is 2. The average Bonchev–Trinajstić information content (AvgIpc) is 3.34. The summed E-state index contributed by atoms with van der Waals surface area (Å²) in [5.74, 6) is 0.271. The van der Waals surface area contributed by atoms with Crippen LogP contribution < -0.4 is 14.2 Å². The fourth-order valence-electron chi connectivity index (χ4n) is 4.06. The Hall–Kier alpha value is -2.97. The van der Waals surface area contributed by atoms with E-state index in [0.29, 0.717) is 34.0 Å². The number of imidazole rings is 1. The normalized spacial score (nSPS) is 12.4. The number of rotatable bonds is 11. The number of aromatic nitrogens is 3. The van der Waals surface area contributed by atoms with Crippen molar-refractivity contribution in [2.24, 2.45) is 5.41 Å². The standard InChI is InChI=1S/C28H31N3O8S2.Na/c1-17-14-29-23(18(2)25(17)38-6)15-40(34)27-30-22-13-20(37-5)9-12-24(22)31(27)41(35,36)21-10-7-19(8-11-21)39-16-28(3,4)26(32)33;/h7-14H,15-16H2,1-6H3,(H,32,33);. The van der Waals surface area contributed by atoms with Crippen LogP contribution in [0, 0.1) is 19.3 Å². The number of aryl methyl sites for hydroxylation is 1. The molecule has 0 bridgehead atoms. The van der Waals surface area contributed by atoms with Gasteiger partial charge in [0.15, 0.2) is 0 Å². The van der Waals surface area contributed by atoms with E-state index in [1.807, 2.05) is 6.92 Å². The molecule has 0 aliphatic heterocycles. The quantitative estimate of drug-likeness (QED) is 0.245. The summed E-state index contributed by atoms with van der Waals surface area (Å²) in [5.41, 5.74) is 1.40. The van der Waals surface area contributed by atoms with Gasteiger partial charge in [-0.2, -0.15) is 0 Å². The van der Waals surface area contributed by atoms with Gasteiger partial charge in [0.1, 0.15) is 23.9 Å². The molecular formula is C28H31N3NaO8S2. The monoisotopic (exact) mass is 624 g/mol. The summed E-state index contributed by atoms with van der Waals surface area (Å²) < 4.78 is 59.0. The zero-order chi connectivity index (χ0) is 30.1. The molecule has 1 unspecified atom stereocenters. The van der Waals surface area contributed by atoms with Gasteiger partial charge < -0.3 is 19.3 Å². The second kappa shape index (κ2) is 13.1. The van der Waals surface area contributed by atoms with E-state index in [2.05, 4.69) is 9.97 Å². The Bertz CT molecular complexity index is 1750. The number of carboxylic acid groups (broad SMARTS) is 1. The van der Waals surface area contributed by atoms with E-state index >= 15 is 0 Å². The molecule has 0 fully saturated rings. The van der Waals surface area contributed by atoms with Gasteiger partial charge >= 0.3 is 5.97 Å². The summed E-state index contributed by atoms with van der Waals surface area (Å²) in [7, 11) is -3.19. The minimum atomic E-state index is -4.29. The Morgan fingerprint density at radius 1 is 1.05 bits per heavy atom. The van der Waals surface area contributed by atoms with Crippen molar-refractivity contribution in [3.05, 3.63) is 65.5 Å². The van der Waals surface area contributed by atoms with Gasteiger partial charge in [0.25, 0.3) is 10.0 Å². The van der Waals surface area contributed by atoms with Crippen molar-refractivity contribution in [1.82, 2.24) is 13.9 Å². The molecule has 42 heavy (non-hydrogen) atoms. The number of ether oxygens (including phenoxy) is 3. The third kappa shape index (κ3) is 6.65. The maximum absolute atomic E-state index is 14.0. The molecule has 2 heterocycles. The molecule has 1 N–H and O–H groups in total. The van der Waals surface area contributed by atoms with Crippen LogP contribution in [0.4, 0.5) is 0 Å². The number of fused-ring (bicyclic) bond motifs is 1. The SMILES string of the molecule is COc1ccc2c(c1)nc(S(=O)Cc1ncc(C)c(OC)c1C)n2S(=O)(=O)c1ccc(OCC(C)(C)C(=O)O)cc1.[Na]. The molecular weight excluding hydrogens is 593 g/mol. The molecule has 2 aromatic heterocycles. The molecule has 1 radical (unpaired) electrons. The Morgan fingerprint density at radius 2 is 1.69 bits per heavy atom. The van der Waals surface area contributed by atoms with Crippen molar-refractivity contribution >= 4 is 67.4 Å². The molecule has 219 valence electrons. The van der Waals surface area contributed by atoms with Crippen molar-refractivity contribution in [1.29, 1.82) is 0 Å². The summed E-state index contributed by atoms with van der Waals surface area (Å²) >= 11 is 0. The molecule has 0 aliphatic carbocycles. The summed E-state index contributed by atoms with van der Waals surface area (Å²) in [6, 6.07) is 10.3. The topological polar surface area (TPSA) is 147 Å². The van der Waals surface area contributed by atoms with E-state index in [4.69, 9.17) is 14.2 Å². The van der Waals surface area contributed by atoms with Gasteiger partial charge in [0.2, 0.25) is 5.16 Å². The van der Waals surface area contributed by atoms with Gasteiger partial charge in [0.05, 0.1) is 57.8 Å². The number of hydrogen-bond donors (Lipinski definition) is 1. The second-order valence-electron chi connectivity index (χ2n) is 10.0. The molecule has 2 aromatic carbocycles. The van der Waals surface area contributed by atoms with Crippen LogP contribution in [0.2, 0.25) is 0 Å². The molecule has 1 atom stereocenters. The smallest absolute Gasteiger partial charge is 0.312 e. The Balaban J connectivity index is 0.00000484. The van der Waals surface area contributed by atoms with Crippen LogP contribution in [-0.2, 0) is 31.4 Å². The first kappa shape index (κ1) is 33.5. The molecule has 14 heteroatoms. The Kier molecular flexibility index (Phi) is 10.5. The van der Waals surface area contributed by atoms with E-state index in [0.717, 1.165) is 9.54 Å². The van der Waals surface area contributed by atoms with E-state index < -0.39 is 32.2 Å². The van der Waals surface area contributed by atoms with Gasteiger partial charge in [-0.15, -0.1) is 0 Å². The molecule has 0 spiro atoms. The van der Waals surface area contributed by atoms with Crippen LogP contribution >= 0.6 is 0 Å². The van der Waals surface area contributed by atoms with Crippen molar-refractivity contribution in [3.8, 4) is 17.2 Å². The number of aliphatic carboxylic acids is 1. The van der Waals surface area contributed by atoms with Gasteiger partial charge in [-0.3, -0.25) is 14.0 Å². The summed E-state index contributed by atoms with van der Waals surface area (Å²) in [5, 5.41) is 9.13. The number of hydrogen-bond acceptors (Lipinski definition) is 9. The van der Waals surface area contributed by atoms with Gasteiger partial charge in [0, 0.05) is 52.9 Å². The van der Waals surface area contributed by atoms with Gasteiger partial charge in [-0.1, -0.05) is 0 Å². The second-order valence-corrected chi connectivity index (χ2v) is 13.1. The van der Waals surface area contributed by atoms with E-state index in [1.165, 1.54) is 45.2 Å². The van der Waals surface area contributed by atoms with Crippen LogP contribution in [0.25, 0.3) is 11.0 Å². The van der Waals surface area contributed by atoms with E-state index in [9.17, 15) is 22.5 Å². The maximum atomic E-state index is 14.0. The van der Waals surface area contributed by atoms with Crippen LogP contribution in [0.1, 0.15) is 30.7 Å². The largest absolute Gasteiger partial charge is 0.497 e. The first-order valence-corrected chi connectivity index (χ1v) is 15.2. The summed E-state index contributed by atoms with van der Waals surface area (Å²) in [6.45, 7) is 6.60. The van der Waals surface area contributed by atoms with Crippen LogP contribution in [0.5, 0.6) is 17.2 Å².